The quantitative estimate of drug-likeness (QED) is 0.897. The second-order valence-electron chi connectivity index (χ2n) is 4.61. The number of benzene rings is 1. The van der Waals surface area contributed by atoms with Gasteiger partial charge in [0.15, 0.2) is 0 Å². The number of hydrogen-bond donors (Lipinski definition) is 1. The van der Waals surface area contributed by atoms with Crippen molar-refractivity contribution in [3.8, 4) is 5.75 Å². The van der Waals surface area contributed by atoms with Crippen LogP contribution in [0.3, 0.4) is 0 Å². The fraction of sp³-hybridized carbons (Fsp3) is 0.500. The van der Waals surface area contributed by atoms with Crippen molar-refractivity contribution >= 4 is 5.91 Å². The van der Waals surface area contributed by atoms with Crippen molar-refractivity contribution in [1.29, 1.82) is 0 Å². The van der Waals surface area contributed by atoms with Crippen molar-refractivity contribution in [1.82, 2.24) is 4.90 Å². The van der Waals surface area contributed by atoms with Crippen LogP contribution in [0.2, 0.25) is 0 Å². The number of methoxy groups -OCH3 is 1. The maximum atomic E-state index is 13.4. The van der Waals surface area contributed by atoms with Crippen molar-refractivity contribution in [2.45, 2.75) is 19.1 Å². The molecule has 0 bridgehead atoms. The molecule has 2 atom stereocenters. The molecule has 5 nitrogen and oxygen atoms in total. The summed E-state index contributed by atoms with van der Waals surface area (Å²) in [5, 5.41) is 9.84. The van der Waals surface area contributed by atoms with E-state index in [9.17, 15) is 14.3 Å². The number of carbonyl (C=O) groups is 1. The third-order valence-electron chi connectivity index (χ3n) is 3.42. The van der Waals surface area contributed by atoms with E-state index in [4.69, 9.17) is 9.47 Å². The maximum absolute atomic E-state index is 13.4. The highest BCUT2D eigenvalue weighted by molar-refractivity contribution is 5.97. The Bertz CT molecular complexity index is 494. The number of hydrogen-bond acceptors (Lipinski definition) is 4. The molecule has 0 saturated carbocycles. The van der Waals surface area contributed by atoms with Crippen LogP contribution in [0.1, 0.15) is 17.3 Å². The van der Waals surface area contributed by atoms with Crippen LogP contribution in [-0.2, 0) is 4.74 Å². The van der Waals surface area contributed by atoms with Crippen LogP contribution < -0.4 is 4.74 Å². The average molecular weight is 283 g/mol. The number of rotatable bonds is 4. The minimum absolute atomic E-state index is 0.147. The summed E-state index contributed by atoms with van der Waals surface area (Å²) < 4.78 is 23.6. The number of likely N-dealkylation sites (N-methyl/N-ethyl adjacent to an activating group) is 1. The van der Waals surface area contributed by atoms with Gasteiger partial charge in [-0.1, -0.05) is 0 Å². The van der Waals surface area contributed by atoms with Crippen LogP contribution in [0.5, 0.6) is 5.75 Å². The number of aliphatic hydroxyl groups is 1. The highest BCUT2D eigenvalue weighted by Gasteiger charge is 2.35. The predicted octanol–water partition coefficient (Wildman–Crippen LogP) is 1.06. The summed E-state index contributed by atoms with van der Waals surface area (Å²) in [7, 11) is 1.42. The molecule has 0 aliphatic carbocycles. The lowest BCUT2D eigenvalue weighted by molar-refractivity contribution is 0.0517. The number of aliphatic hydroxyl groups excluding tert-OH is 1. The number of ether oxygens (including phenoxy) is 2. The maximum Gasteiger partial charge on any atom is 0.258 e. The molecule has 0 radical (unpaired) electrons. The monoisotopic (exact) mass is 283 g/mol. The molecular formula is C14H18FNO4. The lowest BCUT2D eigenvalue weighted by atomic mass is 10.1. The molecular weight excluding hydrogens is 265 g/mol. The molecule has 1 fully saturated rings. The SMILES string of the molecule is CCN(C(=O)c1cc(F)ccc1OC)[C@@H]1COC[C@H]1O. The van der Waals surface area contributed by atoms with Gasteiger partial charge in [0.05, 0.1) is 38.0 Å². The average Bonchev–Trinajstić information content (AvgIpc) is 2.86. The van der Waals surface area contributed by atoms with Crippen LogP contribution in [0.15, 0.2) is 18.2 Å². The van der Waals surface area contributed by atoms with Crippen molar-refractivity contribution in [3.05, 3.63) is 29.6 Å². The summed E-state index contributed by atoms with van der Waals surface area (Å²) in [6, 6.07) is 3.38. The molecule has 1 saturated heterocycles. The molecule has 1 N–H and O–H groups in total. The molecule has 0 aromatic heterocycles. The van der Waals surface area contributed by atoms with Gasteiger partial charge in [0, 0.05) is 6.54 Å². The van der Waals surface area contributed by atoms with Crippen molar-refractivity contribution in [2.75, 3.05) is 26.9 Å². The fourth-order valence-corrected chi connectivity index (χ4v) is 2.36. The van der Waals surface area contributed by atoms with E-state index in [2.05, 4.69) is 0 Å². The van der Waals surface area contributed by atoms with Gasteiger partial charge in [-0.05, 0) is 25.1 Å². The van der Waals surface area contributed by atoms with Gasteiger partial charge < -0.3 is 19.5 Å². The Labute approximate surface area is 116 Å². The van der Waals surface area contributed by atoms with Gasteiger partial charge in [-0.25, -0.2) is 4.39 Å². The van der Waals surface area contributed by atoms with E-state index in [1.165, 1.54) is 24.1 Å². The van der Waals surface area contributed by atoms with Gasteiger partial charge >= 0.3 is 0 Å². The van der Waals surface area contributed by atoms with Gasteiger partial charge in [0.2, 0.25) is 0 Å². The number of carbonyl (C=O) groups excluding carboxylic acids is 1. The summed E-state index contributed by atoms with van der Waals surface area (Å²) >= 11 is 0. The Morgan fingerprint density at radius 1 is 1.55 bits per heavy atom. The molecule has 1 aromatic rings. The summed E-state index contributed by atoms with van der Waals surface area (Å²) in [5.74, 6) is -0.574. The van der Waals surface area contributed by atoms with Crippen LogP contribution in [0.25, 0.3) is 0 Å². The Morgan fingerprint density at radius 3 is 2.85 bits per heavy atom. The molecule has 0 spiro atoms. The number of nitrogens with zero attached hydrogens (tertiary/aromatic N) is 1. The zero-order chi connectivity index (χ0) is 14.7. The standard InChI is InChI=1S/C14H18FNO4/c1-3-16(11-7-20-8-12(11)17)14(18)10-6-9(15)4-5-13(10)19-2/h4-6,11-12,17H,3,7-8H2,1-2H3/t11-,12-/m1/s1. The van der Waals surface area contributed by atoms with E-state index in [0.717, 1.165) is 6.07 Å². The topological polar surface area (TPSA) is 59.0 Å². The largest absolute Gasteiger partial charge is 0.496 e. The molecule has 20 heavy (non-hydrogen) atoms. The number of amides is 1. The summed E-state index contributed by atoms with van der Waals surface area (Å²) in [5.41, 5.74) is 0.147. The second-order valence-corrected chi connectivity index (χ2v) is 4.61. The highest BCUT2D eigenvalue weighted by atomic mass is 19.1. The van der Waals surface area contributed by atoms with E-state index in [1.807, 2.05) is 0 Å². The molecule has 1 heterocycles. The van der Waals surface area contributed by atoms with E-state index in [-0.39, 0.29) is 24.7 Å². The third-order valence-corrected chi connectivity index (χ3v) is 3.42. The minimum atomic E-state index is -0.724. The Balaban J connectivity index is 2.31. The first-order valence-corrected chi connectivity index (χ1v) is 6.48. The van der Waals surface area contributed by atoms with Crippen LogP contribution >= 0.6 is 0 Å². The Morgan fingerprint density at radius 2 is 2.30 bits per heavy atom. The van der Waals surface area contributed by atoms with E-state index >= 15 is 0 Å². The Hall–Kier alpha value is -1.66. The minimum Gasteiger partial charge on any atom is -0.496 e. The number of halogens is 1. The molecule has 110 valence electrons. The van der Waals surface area contributed by atoms with Gasteiger partial charge in [-0.15, -0.1) is 0 Å². The lowest BCUT2D eigenvalue weighted by Crippen LogP contribution is -2.46. The molecule has 2 rings (SSSR count). The van der Waals surface area contributed by atoms with Gasteiger partial charge in [0.1, 0.15) is 11.6 Å². The van der Waals surface area contributed by atoms with Crippen LogP contribution in [0.4, 0.5) is 4.39 Å². The van der Waals surface area contributed by atoms with Crippen LogP contribution in [0, 0.1) is 5.82 Å². The normalized spacial score (nSPS) is 21.8. The summed E-state index contributed by atoms with van der Waals surface area (Å²) in [6.07, 6.45) is -0.724. The molecule has 1 amide bonds. The smallest absolute Gasteiger partial charge is 0.258 e. The molecule has 1 aliphatic heterocycles. The summed E-state index contributed by atoms with van der Waals surface area (Å²) in [4.78, 5) is 14.0. The fourth-order valence-electron chi connectivity index (χ4n) is 2.36. The van der Waals surface area contributed by atoms with Crippen molar-refractivity contribution in [3.63, 3.8) is 0 Å². The van der Waals surface area contributed by atoms with Gasteiger partial charge in [-0.3, -0.25) is 4.79 Å². The third kappa shape index (κ3) is 2.76. The second kappa shape index (κ2) is 6.19. The molecule has 1 aliphatic rings. The Kier molecular flexibility index (Phi) is 4.57. The first-order valence-electron chi connectivity index (χ1n) is 6.48. The lowest BCUT2D eigenvalue weighted by Gasteiger charge is -2.29. The first kappa shape index (κ1) is 14.7. The van der Waals surface area contributed by atoms with E-state index < -0.39 is 18.0 Å². The van der Waals surface area contributed by atoms with Crippen molar-refractivity contribution in [2.24, 2.45) is 0 Å². The highest BCUT2D eigenvalue weighted by Crippen LogP contribution is 2.24. The predicted molar refractivity (Wildman–Crippen MR) is 70.3 cm³/mol. The first-order chi connectivity index (χ1) is 9.58. The van der Waals surface area contributed by atoms with Crippen molar-refractivity contribution < 1.29 is 23.8 Å². The molecule has 1 aromatic carbocycles. The van der Waals surface area contributed by atoms with E-state index in [0.29, 0.717) is 12.3 Å². The van der Waals surface area contributed by atoms with E-state index in [1.54, 1.807) is 6.92 Å². The van der Waals surface area contributed by atoms with Gasteiger partial charge in [-0.2, -0.15) is 0 Å². The zero-order valence-corrected chi connectivity index (χ0v) is 11.5. The molecule has 6 heteroatoms. The zero-order valence-electron chi connectivity index (χ0n) is 11.5. The van der Waals surface area contributed by atoms with Crippen LogP contribution in [-0.4, -0.2) is 54.9 Å². The molecule has 0 unspecified atom stereocenters. The van der Waals surface area contributed by atoms with Gasteiger partial charge in [0.25, 0.3) is 5.91 Å². The summed E-state index contributed by atoms with van der Waals surface area (Å²) in [6.45, 7) is 2.67.